The van der Waals surface area contributed by atoms with E-state index in [0.717, 1.165) is 5.71 Å². The van der Waals surface area contributed by atoms with E-state index in [2.05, 4.69) is 51.9 Å². The first kappa shape index (κ1) is 97.1. The summed E-state index contributed by atoms with van der Waals surface area (Å²) in [6.45, 7) is 49.6. The number of carbonyl (C=O) groups is 7. The van der Waals surface area contributed by atoms with Crippen LogP contribution in [0.25, 0.3) is 0 Å². The van der Waals surface area contributed by atoms with Gasteiger partial charge in [-0.15, -0.1) is 0 Å². The molecule has 2 bridgehead atoms. The molecule has 0 aromatic heterocycles. The molecule has 5 aliphatic heterocycles. The summed E-state index contributed by atoms with van der Waals surface area (Å²) in [6.07, 6.45) is -3.13. The van der Waals surface area contributed by atoms with E-state index in [1.165, 1.54) is 27.7 Å². The molecular formula is C82H144FN5O20. The Morgan fingerprint density at radius 3 is 1.28 bits per heavy atom. The molecule has 4 N–H and O–H groups in total. The first-order valence-electron chi connectivity index (χ1n) is 39.6. The number of amides is 1. The number of aliphatic hydroxyl groups excluding tert-OH is 2. The summed E-state index contributed by atoms with van der Waals surface area (Å²) in [5.41, 5.74) is -5.07. The summed E-state index contributed by atoms with van der Waals surface area (Å²) in [6, 6.07) is -0.346. The van der Waals surface area contributed by atoms with Crippen LogP contribution in [0.2, 0.25) is 0 Å². The van der Waals surface area contributed by atoms with E-state index in [-0.39, 0.29) is 96.1 Å². The number of aliphatic imine (C=N–C) groups is 1. The zero-order valence-corrected chi connectivity index (χ0v) is 71.8. The number of carbonyl (C=O) groups excluding carboxylic acids is 7. The Labute approximate surface area is 646 Å². The molecule has 0 saturated carbocycles. The fourth-order valence-corrected chi connectivity index (χ4v) is 18.1. The Morgan fingerprint density at radius 2 is 0.917 bits per heavy atom. The van der Waals surface area contributed by atoms with Gasteiger partial charge in [0, 0.05) is 99.8 Å². The number of likely N-dealkylation sites (N-methyl/N-ethyl adjacent to an activating group) is 1. The molecule has 1 amide bonds. The van der Waals surface area contributed by atoms with Crippen LogP contribution in [0, 0.1) is 94.2 Å². The highest BCUT2D eigenvalue weighted by Crippen LogP contribution is 2.49. The van der Waals surface area contributed by atoms with Gasteiger partial charge in [0.25, 0.3) is 0 Å². The standard InChI is InChI=1S/C29H48N2O6.C27H50N2O7.C26H46FNO7/c1-12-20-29(10)24-17(3)21(30-13-14-31(24)26(34)37-29)16(2)15-28(9,35-11)23(27(6,7)8)18(4)22(32)19(5)25(33)36-20;1-12-21-27(8,33)24(31)18(4)22(28-35-14-13-29(9)10)16(2)15-26(7,34-11)20(6)17(3)23(30)19(5)25(32)36-21;1-10-20-26(8,32)23(30)17(4)21(28-34-13-11-12-27)15(2)14-25(7,33-9)19(6)16(3)22(29)18(5)24(31)35-20/h16-20,23-24H,12-15H2,1-11H3;16-21,24,31,33H,12-15H2,1-11H3;15-20,23,30,32H,10-14H2,1-9H3/t16-,17+,18+,19-,20-,23+,24-,28-,29-;16-,17-,18+,19-,20-,21-,24-,26-,27-;15-,16-,17+,18-,19-,20-,23-,25-,26-/m111/s1. The third-order valence-electron chi connectivity index (χ3n) is 25.5. The summed E-state index contributed by atoms with van der Waals surface area (Å²) >= 11 is 0. The minimum atomic E-state index is -1.83. The molecule has 26 heteroatoms. The fourth-order valence-electron chi connectivity index (χ4n) is 18.1. The van der Waals surface area contributed by atoms with Gasteiger partial charge in [-0.25, -0.2) is 4.79 Å². The van der Waals surface area contributed by atoms with Crippen molar-refractivity contribution in [2.75, 3.05) is 74.9 Å². The maximum atomic E-state index is 13.8. The lowest BCUT2D eigenvalue weighted by atomic mass is 9.61. The van der Waals surface area contributed by atoms with E-state index < -0.39 is 142 Å². The van der Waals surface area contributed by atoms with Crippen molar-refractivity contribution in [3.05, 3.63) is 0 Å². The minimum Gasteiger partial charge on any atom is -0.459 e. The molecule has 0 aliphatic carbocycles. The monoisotopic (exact) mass is 1540 g/mol. The molecule has 0 radical (unpaired) electrons. The molecule has 108 heavy (non-hydrogen) atoms. The van der Waals surface area contributed by atoms with Crippen molar-refractivity contribution in [1.29, 1.82) is 0 Å². The largest absolute Gasteiger partial charge is 0.459 e. The first-order chi connectivity index (χ1) is 49.8. The number of hydrogen-bond donors (Lipinski definition) is 4. The lowest BCUT2D eigenvalue weighted by Crippen LogP contribution is -2.58. The van der Waals surface area contributed by atoms with Crippen molar-refractivity contribution < 1.29 is 101 Å². The summed E-state index contributed by atoms with van der Waals surface area (Å²) in [7, 11) is 8.76. The molecule has 5 heterocycles. The molecule has 0 spiro atoms. The number of Topliss-reactive ketones (excluding diaryl/α,β-unsaturated/α-hetero) is 3. The van der Waals surface area contributed by atoms with Gasteiger partial charge in [0.1, 0.15) is 77.8 Å². The van der Waals surface area contributed by atoms with Crippen molar-refractivity contribution >= 4 is 58.5 Å². The average molecular weight is 1540 g/mol. The second kappa shape index (κ2) is 40.1. The van der Waals surface area contributed by atoms with E-state index >= 15 is 0 Å². The Kier molecular flexibility index (Phi) is 36.0. The number of ketones is 3. The van der Waals surface area contributed by atoms with Crippen LogP contribution in [0.5, 0.6) is 0 Å². The molecule has 25 nitrogen and oxygen atoms in total. The number of methoxy groups -OCH3 is 3. The smallest absolute Gasteiger partial charge is 0.410 e. The Balaban J connectivity index is 0.000000420. The van der Waals surface area contributed by atoms with Crippen LogP contribution < -0.4 is 0 Å². The fraction of sp³-hybridized carbons (Fsp3) is 0.878. The molecule has 624 valence electrons. The van der Waals surface area contributed by atoms with Crippen molar-refractivity contribution in [3.8, 4) is 0 Å². The lowest BCUT2D eigenvalue weighted by molar-refractivity contribution is -0.187. The van der Waals surface area contributed by atoms with E-state index in [0.29, 0.717) is 63.3 Å². The highest BCUT2D eigenvalue weighted by molar-refractivity contribution is 6.01. The summed E-state index contributed by atoms with van der Waals surface area (Å²) in [5, 5.41) is 54.0. The quantitative estimate of drug-likeness (QED) is 0.0413. The van der Waals surface area contributed by atoms with Gasteiger partial charge in [-0.2, -0.15) is 0 Å². The van der Waals surface area contributed by atoms with E-state index in [9.17, 15) is 58.4 Å². The zero-order valence-electron chi connectivity index (χ0n) is 71.8. The third kappa shape index (κ3) is 22.2. The number of aliphatic hydroxyl groups is 4. The Morgan fingerprint density at radius 1 is 0.546 bits per heavy atom. The molecule has 5 aliphatic rings. The SMILES string of the molecule is CC[C@H]1OC(=O)[C@H](C)C(=O)[C@H](C)[C@@H](C(C)(C)C)[C@](C)(OC)C[C@@H](C)C2=NCCN3C(=O)O[C@@]1(C)[C@H]3[C@H]2C.CC[C@H]1OC(=O)[C@H](C)C(=O)[C@H](C)[C@@H](C)[C@](C)(OC)C[C@@H](C)C(=NOCCCF)[C@H](C)[C@@H](O)[C@]1(C)O.CC[C@H]1OC(=O)[C@H](C)C(=O)[C@H](C)[C@@H](C)[C@](C)(OC)C[C@@H](C)C(=NOCCN(C)C)[C@H](C)[C@@H](O)[C@]1(C)O. The maximum absolute atomic E-state index is 13.8. The zero-order chi connectivity index (χ0) is 83.2. The average Bonchev–Trinajstić information content (AvgIpc) is 1.56. The van der Waals surface area contributed by atoms with Crippen LogP contribution in [0.4, 0.5) is 9.18 Å². The number of esters is 3. The second-order valence-electron chi connectivity index (χ2n) is 34.8. The second-order valence-corrected chi connectivity index (χ2v) is 34.8. The highest BCUT2D eigenvalue weighted by Gasteiger charge is 2.61. The van der Waals surface area contributed by atoms with Gasteiger partial charge in [0.05, 0.1) is 59.7 Å². The van der Waals surface area contributed by atoms with Gasteiger partial charge in [0.2, 0.25) is 0 Å². The van der Waals surface area contributed by atoms with Gasteiger partial charge in [-0.3, -0.25) is 43.0 Å². The van der Waals surface area contributed by atoms with Gasteiger partial charge >= 0.3 is 24.0 Å². The highest BCUT2D eigenvalue weighted by atomic mass is 19.1. The number of fused-ring (bicyclic) bond motifs is 1. The summed E-state index contributed by atoms with van der Waals surface area (Å²) < 4.78 is 53.9. The predicted molar refractivity (Wildman–Crippen MR) is 414 cm³/mol. The van der Waals surface area contributed by atoms with Crippen LogP contribution in [-0.4, -0.2) is 234 Å². The van der Waals surface area contributed by atoms with Crippen molar-refractivity contribution in [1.82, 2.24) is 9.80 Å². The van der Waals surface area contributed by atoms with Crippen LogP contribution in [0.15, 0.2) is 15.3 Å². The molecule has 27 atom stereocenters. The molecule has 0 aromatic rings. The van der Waals surface area contributed by atoms with Crippen LogP contribution in [-0.2, 0) is 71.6 Å². The third-order valence-corrected chi connectivity index (χ3v) is 25.5. The van der Waals surface area contributed by atoms with Gasteiger partial charge in [0.15, 0.2) is 5.60 Å². The maximum Gasteiger partial charge on any atom is 0.410 e. The van der Waals surface area contributed by atoms with E-state index in [1.54, 1.807) is 67.8 Å². The van der Waals surface area contributed by atoms with Crippen molar-refractivity contribution in [2.24, 2.45) is 109 Å². The normalized spacial score (nSPS) is 41.3. The Hall–Kier alpha value is -5.09. The lowest BCUT2D eigenvalue weighted by Gasteiger charge is -2.49. The molecule has 4 saturated heterocycles. The predicted octanol–water partition coefficient (Wildman–Crippen LogP) is 11.6. The summed E-state index contributed by atoms with van der Waals surface area (Å²) in [4.78, 5) is 112. The van der Waals surface area contributed by atoms with E-state index in [1.807, 2.05) is 88.2 Å². The Bertz CT molecular complexity index is 3080. The minimum absolute atomic E-state index is 0.0370. The molecule has 0 aromatic carbocycles. The number of alkyl halides is 1. The van der Waals surface area contributed by atoms with Crippen molar-refractivity contribution in [2.45, 2.75) is 295 Å². The van der Waals surface area contributed by atoms with Crippen LogP contribution >= 0.6 is 0 Å². The molecule has 4 fully saturated rings. The van der Waals surface area contributed by atoms with Gasteiger partial charge in [-0.1, -0.05) is 128 Å². The van der Waals surface area contributed by atoms with Crippen molar-refractivity contribution in [3.63, 3.8) is 0 Å². The van der Waals surface area contributed by atoms with Crippen LogP contribution in [0.3, 0.4) is 0 Å². The number of nitrogens with zero attached hydrogens (tertiary/aromatic N) is 5. The van der Waals surface area contributed by atoms with E-state index in [4.69, 9.17) is 47.8 Å². The summed E-state index contributed by atoms with van der Waals surface area (Å²) in [5.74, 6) is -9.66. The van der Waals surface area contributed by atoms with Gasteiger partial charge < -0.3 is 68.2 Å². The number of oxime groups is 2. The molecule has 5 rings (SSSR count). The molecular weight excluding hydrogens is 1390 g/mol. The number of halogens is 1. The number of rotatable bonds is 14. The molecule has 0 unspecified atom stereocenters. The topological polar surface area (TPSA) is 327 Å². The first-order valence-corrected chi connectivity index (χ1v) is 39.6. The number of cyclic esters (lactones) is 3. The number of hydrogen-bond acceptors (Lipinski definition) is 24. The number of ether oxygens (including phenoxy) is 7. The van der Waals surface area contributed by atoms with Crippen LogP contribution in [0.1, 0.15) is 225 Å². The van der Waals surface area contributed by atoms with Gasteiger partial charge in [-0.05, 0) is 138 Å².